The molecule has 2 heteroatoms. The molecule has 21 heavy (non-hydrogen) atoms. The Morgan fingerprint density at radius 2 is 1.95 bits per heavy atom. The molecule has 1 aromatic carbocycles. The van der Waals surface area contributed by atoms with E-state index in [0.29, 0.717) is 12.1 Å². The molecule has 3 rings (SSSR count). The van der Waals surface area contributed by atoms with E-state index in [1.54, 1.807) is 7.11 Å². The highest BCUT2D eigenvalue weighted by molar-refractivity contribution is 5.39. The van der Waals surface area contributed by atoms with E-state index < -0.39 is 0 Å². The minimum atomic E-state index is 0.547. The number of methoxy groups -OCH3 is 1. The molecule has 4 unspecified atom stereocenters. The highest BCUT2D eigenvalue weighted by Gasteiger charge is 2.28. The van der Waals surface area contributed by atoms with Crippen LogP contribution < -0.4 is 10.1 Å². The molecule has 1 saturated carbocycles. The number of ether oxygens (including phenoxy) is 1. The fraction of sp³-hybridized carbons (Fsp3) is 0.684. The van der Waals surface area contributed by atoms with Crippen molar-refractivity contribution >= 4 is 0 Å². The monoisotopic (exact) mass is 287 g/mol. The van der Waals surface area contributed by atoms with Crippen LogP contribution in [-0.2, 0) is 6.42 Å². The van der Waals surface area contributed by atoms with Crippen molar-refractivity contribution in [2.75, 3.05) is 7.11 Å². The summed E-state index contributed by atoms with van der Waals surface area (Å²) in [5.41, 5.74) is 2.99. The van der Waals surface area contributed by atoms with Gasteiger partial charge >= 0.3 is 0 Å². The van der Waals surface area contributed by atoms with E-state index in [9.17, 15) is 0 Å². The molecule has 2 aliphatic rings. The summed E-state index contributed by atoms with van der Waals surface area (Å²) in [5.74, 6) is 2.75. The molecule has 0 saturated heterocycles. The van der Waals surface area contributed by atoms with E-state index in [-0.39, 0.29) is 0 Å². The molecule has 1 fully saturated rings. The van der Waals surface area contributed by atoms with Crippen LogP contribution in [0.25, 0.3) is 0 Å². The van der Waals surface area contributed by atoms with Gasteiger partial charge in [0.05, 0.1) is 7.11 Å². The highest BCUT2D eigenvalue weighted by Crippen LogP contribution is 2.35. The number of fused-ring (bicyclic) bond motifs is 1. The zero-order valence-electron chi connectivity index (χ0n) is 13.7. The predicted molar refractivity (Wildman–Crippen MR) is 87.8 cm³/mol. The minimum absolute atomic E-state index is 0.547. The van der Waals surface area contributed by atoms with Crippen molar-refractivity contribution in [2.24, 2.45) is 11.8 Å². The van der Waals surface area contributed by atoms with Gasteiger partial charge in [0.2, 0.25) is 0 Å². The maximum Gasteiger partial charge on any atom is 0.119 e. The van der Waals surface area contributed by atoms with Crippen LogP contribution in [0.1, 0.15) is 63.1 Å². The minimum Gasteiger partial charge on any atom is -0.497 e. The molecule has 0 radical (unpaired) electrons. The lowest BCUT2D eigenvalue weighted by atomic mass is 9.78. The van der Waals surface area contributed by atoms with E-state index in [1.807, 2.05) is 0 Å². The summed E-state index contributed by atoms with van der Waals surface area (Å²) in [6.45, 7) is 4.82. The Morgan fingerprint density at radius 3 is 2.71 bits per heavy atom. The standard InChI is InChI=1S/C19H29NO/c1-13-7-8-16(11-14(13)2)20-19-6-4-5-15-12-17(21-3)9-10-18(15)19/h9-10,12-14,16,19-20H,4-8,11H2,1-3H3. The van der Waals surface area contributed by atoms with Gasteiger partial charge in [-0.3, -0.25) is 0 Å². The van der Waals surface area contributed by atoms with Gasteiger partial charge < -0.3 is 10.1 Å². The smallest absolute Gasteiger partial charge is 0.119 e. The van der Waals surface area contributed by atoms with E-state index in [2.05, 4.69) is 37.4 Å². The third kappa shape index (κ3) is 3.26. The van der Waals surface area contributed by atoms with Crippen molar-refractivity contribution in [3.8, 4) is 5.75 Å². The molecule has 0 aliphatic heterocycles. The van der Waals surface area contributed by atoms with E-state index in [4.69, 9.17) is 4.74 Å². The van der Waals surface area contributed by atoms with Crippen LogP contribution in [0.4, 0.5) is 0 Å². The van der Waals surface area contributed by atoms with Crippen LogP contribution in [-0.4, -0.2) is 13.2 Å². The molecular formula is C19H29NO. The Hall–Kier alpha value is -1.02. The van der Waals surface area contributed by atoms with Gasteiger partial charge in [-0.05, 0) is 73.6 Å². The van der Waals surface area contributed by atoms with Gasteiger partial charge in [0.25, 0.3) is 0 Å². The first-order valence-corrected chi connectivity index (χ1v) is 8.60. The summed E-state index contributed by atoms with van der Waals surface area (Å²) in [6.07, 6.45) is 7.82. The molecule has 2 nitrogen and oxygen atoms in total. The fourth-order valence-corrected chi connectivity index (χ4v) is 4.07. The van der Waals surface area contributed by atoms with E-state index >= 15 is 0 Å². The summed E-state index contributed by atoms with van der Waals surface area (Å²) >= 11 is 0. The van der Waals surface area contributed by atoms with E-state index in [0.717, 1.165) is 17.6 Å². The molecule has 0 aromatic heterocycles. The molecule has 2 aliphatic carbocycles. The maximum atomic E-state index is 5.37. The van der Waals surface area contributed by atoms with Gasteiger partial charge in [-0.25, -0.2) is 0 Å². The van der Waals surface area contributed by atoms with Gasteiger partial charge in [0, 0.05) is 12.1 Å². The first kappa shape index (κ1) is 14.9. The van der Waals surface area contributed by atoms with Crippen molar-refractivity contribution in [3.05, 3.63) is 29.3 Å². The number of aryl methyl sites for hydroxylation is 1. The first-order chi connectivity index (χ1) is 10.2. The van der Waals surface area contributed by atoms with Gasteiger partial charge in [-0.15, -0.1) is 0 Å². The normalized spacial score (nSPS) is 32.5. The topological polar surface area (TPSA) is 21.3 Å². The molecule has 1 N–H and O–H groups in total. The molecule has 116 valence electrons. The Bertz CT molecular complexity index is 484. The molecule has 0 bridgehead atoms. The second-order valence-corrected chi connectivity index (χ2v) is 7.14. The van der Waals surface area contributed by atoms with Gasteiger partial charge in [0.1, 0.15) is 5.75 Å². The lowest BCUT2D eigenvalue weighted by Gasteiger charge is -2.37. The number of nitrogens with one attached hydrogen (secondary N) is 1. The molecule has 1 aromatic rings. The Morgan fingerprint density at radius 1 is 1.10 bits per heavy atom. The van der Waals surface area contributed by atoms with Crippen molar-refractivity contribution in [1.82, 2.24) is 5.32 Å². The van der Waals surface area contributed by atoms with Gasteiger partial charge in [0.15, 0.2) is 0 Å². The highest BCUT2D eigenvalue weighted by atomic mass is 16.5. The third-order valence-corrected chi connectivity index (χ3v) is 5.70. The summed E-state index contributed by atoms with van der Waals surface area (Å²) in [6, 6.07) is 7.87. The van der Waals surface area contributed by atoms with Crippen molar-refractivity contribution in [1.29, 1.82) is 0 Å². The Balaban J connectivity index is 1.70. The Kier molecular flexibility index (Phi) is 4.54. The molecule has 0 heterocycles. The zero-order chi connectivity index (χ0) is 14.8. The summed E-state index contributed by atoms with van der Waals surface area (Å²) in [4.78, 5) is 0. The maximum absolute atomic E-state index is 5.37. The Labute approximate surface area is 129 Å². The van der Waals surface area contributed by atoms with Crippen LogP contribution in [0, 0.1) is 11.8 Å². The van der Waals surface area contributed by atoms with Crippen LogP contribution in [0.2, 0.25) is 0 Å². The molecular weight excluding hydrogens is 258 g/mol. The van der Waals surface area contributed by atoms with Crippen LogP contribution in [0.15, 0.2) is 18.2 Å². The summed E-state index contributed by atoms with van der Waals surface area (Å²) in [5, 5.41) is 3.96. The van der Waals surface area contributed by atoms with Gasteiger partial charge in [-0.1, -0.05) is 19.9 Å². The largest absolute Gasteiger partial charge is 0.497 e. The van der Waals surface area contributed by atoms with Crippen LogP contribution in [0.3, 0.4) is 0 Å². The predicted octanol–water partition coefficient (Wildman–Crippen LogP) is 4.49. The van der Waals surface area contributed by atoms with Crippen molar-refractivity contribution in [2.45, 2.75) is 64.5 Å². The van der Waals surface area contributed by atoms with Crippen molar-refractivity contribution in [3.63, 3.8) is 0 Å². The first-order valence-electron chi connectivity index (χ1n) is 8.60. The van der Waals surface area contributed by atoms with E-state index in [1.165, 1.54) is 49.7 Å². The zero-order valence-corrected chi connectivity index (χ0v) is 13.7. The average Bonchev–Trinajstić information content (AvgIpc) is 2.50. The van der Waals surface area contributed by atoms with Crippen LogP contribution in [0.5, 0.6) is 5.75 Å². The summed E-state index contributed by atoms with van der Waals surface area (Å²) in [7, 11) is 1.75. The number of hydrogen-bond donors (Lipinski definition) is 1. The molecule has 0 spiro atoms. The van der Waals surface area contributed by atoms with Crippen LogP contribution >= 0.6 is 0 Å². The quantitative estimate of drug-likeness (QED) is 0.884. The number of benzene rings is 1. The average molecular weight is 287 g/mol. The second-order valence-electron chi connectivity index (χ2n) is 7.14. The molecule has 0 amide bonds. The lowest BCUT2D eigenvalue weighted by molar-refractivity contribution is 0.210. The number of hydrogen-bond acceptors (Lipinski definition) is 2. The fourth-order valence-electron chi connectivity index (χ4n) is 4.07. The number of rotatable bonds is 3. The summed E-state index contributed by atoms with van der Waals surface area (Å²) < 4.78 is 5.37. The lowest BCUT2D eigenvalue weighted by Crippen LogP contribution is -2.39. The van der Waals surface area contributed by atoms with Crippen molar-refractivity contribution < 1.29 is 4.74 Å². The molecule has 4 atom stereocenters. The van der Waals surface area contributed by atoms with Gasteiger partial charge in [-0.2, -0.15) is 0 Å². The second kappa shape index (κ2) is 6.39. The third-order valence-electron chi connectivity index (χ3n) is 5.70. The SMILES string of the molecule is COc1ccc2c(c1)CCCC2NC1CCC(C)C(C)C1.